The number of piperidine rings is 1. The second-order valence-electron chi connectivity index (χ2n) is 8.88. The molecule has 0 radical (unpaired) electrons. The maximum Gasteiger partial charge on any atom is 0.430 e. The molecule has 0 unspecified atom stereocenters. The van der Waals surface area contributed by atoms with Gasteiger partial charge in [-0.05, 0) is 50.0 Å². The van der Waals surface area contributed by atoms with E-state index in [1.807, 2.05) is 12.1 Å². The molecule has 35 heavy (non-hydrogen) atoms. The molecule has 2 aliphatic carbocycles. The van der Waals surface area contributed by atoms with E-state index in [0.29, 0.717) is 6.54 Å². The van der Waals surface area contributed by atoms with E-state index in [0.717, 1.165) is 30.1 Å². The van der Waals surface area contributed by atoms with Crippen LogP contribution in [0, 0.1) is 0 Å². The number of allylic oxidation sites excluding steroid dienone is 2. The zero-order chi connectivity index (χ0) is 24.7. The Morgan fingerprint density at radius 3 is 2.69 bits per heavy atom. The smallest absolute Gasteiger partial charge is 0.430 e. The zero-order valence-corrected chi connectivity index (χ0v) is 20.5. The predicted molar refractivity (Wildman–Crippen MR) is 125 cm³/mol. The molecule has 5 rings (SSSR count). The van der Waals surface area contributed by atoms with Crippen LogP contribution in [0.4, 0.5) is 9.59 Å². The second-order valence-corrected chi connectivity index (χ2v) is 8.88. The number of methoxy groups -OCH3 is 2. The molecule has 1 saturated heterocycles. The number of hydrogen-bond donors (Lipinski definition) is 1. The summed E-state index contributed by atoms with van der Waals surface area (Å²) < 4.78 is 28.1. The van der Waals surface area contributed by atoms with Crippen molar-refractivity contribution in [2.45, 2.75) is 44.2 Å². The van der Waals surface area contributed by atoms with Crippen molar-refractivity contribution in [2.24, 2.45) is 0 Å². The third-order valence-corrected chi connectivity index (χ3v) is 7.31. The number of carbonyl (C=O) groups is 2. The van der Waals surface area contributed by atoms with Crippen molar-refractivity contribution in [1.82, 2.24) is 15.3 Å². The Hall–Kier alpha value is -3.40. The van der Waals surface area contributed by atoms with Gasteiger partial charge in [-0.15, -0.1) is 0 Å². The largest absolute Gasteiger partial charge is 0.497 e. The molecule has 10 heteroatoms. The SMILES string of the molecule is CCOC(=O)NN(CN1CC[C@@]23C4=CC=C(OC)[C@@H]2Oc2c(OC)ccc(c23)C[C@H]41)C(=O)OCC. The number of ether oxygens (including phenoxy) is 5. The van der Waals surface area contributed by atoms with Gasteiger partial charge >= 0.3 is 12.2 Å². The molecule has 2 bridgehead atoms. The first-order chi connectivity index (χ1) is 17.0. The monoisotopic (exact) mass is 485 g/mol. The average molecular weight is 486 g/mol. The molecule has 1 aromatic carbocycles. The first-order valence-electron chi connectivity index (χ1n) is 11.9. The van der Waals surface area contributed by atoms with E-state index in [4.69, 9.17) is 23.7 Å². The number of amides is 2. The number of nitrogens with zero attached hydrogens (tertiary/aromatic N) is 2. The lowest BCUT2D eigenvalue weighted by molar-refractivity contribution is 0.0123. The molecule has 1 aromatic rings. The molecule has 0 aromatic heterocycles. The van der Waals surface area contributed by atoms with Crippen LogP contribution in [0.1, 0.15) is 31.4 Å². The van der Waals surface area contributed by atoms with Gasteiger partial charge in [0.15, 0.2) is 17.6 Å². The van der Waals surface area contributed by atoms with Gasteiger partial charge in [0.05, 0.1) is 39.5 Å². The van der Waals surface area contributed by atoms with Gasteiger partial charge in [-0.3, -0.25) is 4.90 Å². The maximum absolute atomic E-state index is 12.7. The summed E-state index contributed by atoms with van der Waals surface area (Å²) in [6.07, 6.45) is 3.98. The summed E-state index contributed by atoms with van der Waals surface area (Å²) in [4.78, 5) is 27.0. The molecule has 2 amide bonds. The molecule has 2 aliphatic heterocycles. The molecule has 10 nitrogen and oxygen atoms in total. The van der Waals surface area contributed by atoms with E-state index in [1.54, 1.807) is 28.1 Å². The Labute approximate surface area is 204 Å². The summed E-state index contributed by atoms with van der Waals surface area (Å²) in [7, 11) is 3.32. The summed E-state index contributed by atoms with van der Waals surface area (Å²) in [6.45, 7) is 4.65. The molecule has 3 atom stereocenters. The van der Waals surface area contributed by atoms with Crippen LogP contribution >= 0.6 is 0 Å². The minimum atomic E-state index is -0.700. The van der Waals surface area contributed by atoms with Crippen LogP contribution in [-0.2, 0) is 26.0 Å². The Balaban J connectivity index is 1.52. The van der Waals surface area contributed by atoms with Gasteiger partial charge < -0.3 is 23.7 Å². The van der Waals surface area contributed by atoms with Crippen LogP contribution < -0.4 is 14.9 Å². The molecule has 1 spiro atoms. The molecule has 1 fully saturated rings. The quantitative estimate of drug-likeness (QED) is 0.615. The van der Waals surface area contributed by atoms with E-state index < -0.39 is 12.2 Å². The summed E-state index contributed by atoms with van der Waals surface area (Å²) >= 11 is 0. The van der Waals surface area contributed by atoms with E-state index in [2.05, 4.69) is 22.5 Å². The molecular formula is C25H31N3O7. The fourth-order valence-electron chi connectivity index (χ4n) is 5.96. The van der Waals surface area contributed by atoms with Gasteiger partial charge in [0.2, 0.25) is 0 Å². The Kier molecular flexibility index (Phi) is 6.00. The van der Waals surface area contributed by atoms with E-state index >= 15 is 0 Å². The first-order valence-corrected chi connectivity index (χ1v) is 11.9. The van der Waals surface area contributed by atoms with Gasteiger partial charge in [0.1, 0.15) is 5.76 Å². The summed E-state index contributed by atoms with van der Waals surface area (Å²) in [5, 5.41) is 1.18. The van der Waals surface area contributed by atoms with Crippen molar-refractivity contribution in [3.8, 4) is 11.5 Å². The van der Waals surface area contributed by atoms with Crippen molar-refractivity contribution < 1.29 is 33.3 Å². The Morgan fingerprint density at radius 1 is 1.17 bits per heavy atom. The molecule has 188 valence electrons. The molecule has 0 saturated carbocycles. The number of carbonyl (C=O) groups excluding carboxylic acids is 2. The van der Waals surface area contributed by atoms with Gasteiger partial charge in [-0.25, -0.2) is 20.0 Å². The van der Waals surface area contributed by atoms with Crippen LogP contribution in [0.15, 0.2) is 35.6 Å². The Bertz CT molecular complexity index is 1100. The lowest BCUT2D eigenvalue weighted by Crippen LogP contribution is -2.62. The summed E-state index contributed by atoms with van der Waals surface area (Å²) in [5.41, 5.74) is 5.75. The normalized spacial score (nSPS) is 25.4. The minimum absolute atomic E-state index is 0.00252. The number of likely N-dealkylation sites (tertiary alicyclic amines) is 1. The number of rotatable bonds is 6. The highest BCUT2D eigenvalue weighted by molar-refractivity contribution is 5.74. The van der Waals surface area contributed by atoms with Crippen LogP contribution in [0.25, 0.3) is 0 Å². The highest BCUT2D eigenvalue weighted by Crippen LogP contribution is 2.62. The highest BCUT2D eigenvalue weighted by atomic mass is 16.6. The van der Waals surface area contributed by atoms with Crippen molar-refractivity contribution in [3.05, 3.63) is 46.7 Å². The highest BCUT2D eigenvalue weighted by Gasteiger charge is 2.62. The zero-order valence-electron chi connectivity index (χ0n) is 20.5. The van der Waals surface area contributed by atoms with Crippen LogP contribution in [-0.4, -0.2) is 74.9 Å². The van der Waals surface area contributed by atoms with E-state index in [1.165, 1.54) is 21.7 Å². The van der Waals surface area contributed by atoms with Crippen LogP contribution in [0.3, 0.4) is 0 Å². The Morgan fingerprint density at radius 2 is 1.97 bits per heavy atom. The molecule has 4 aliphatic rings. The number of nitrogens with one attached hydrogen (secondary N) is 1. The fraction of sp³-hybridized carbons (Fsp3) is 0.520. The average Bonchev–Trinajstić information content (AvgIpc) is 3.20. The van der Waals surface area contributed by atoms with E-state index in [-0.39, 0.29) is 37.4 Å². The standard InChI is InChI=1S/C25H31N3O7/c1-5-33-23(29)26-28(24(30)34-6-2)14-27-12-11-25-16-8-10-19(32-4)22(25)35-21-18(31-3)9-7-15(20(21)25)13-17(16)27/h7-10,17,22H,5-6,11-14H2,1-4H3,(H,26,29)/t17-,22+,25+/m1/s1. The van der Waals surface area contributed by atoms with Crippen molar-refractivity contribution in [2.75, 3.05) is 40.6 Å². The van der Waals surface area contributed by atoms with Gasteiger partial charge in [-0.2, -0.15) is 0 Å². The van der Waals surface area contributed by atoms with Crippen LogP contribution in [0.2, 0.25) is 0 Å². The molecule has 2 heterocycles. The molecule has 1 N–H and O–H groups in total. The van der Waals surface area contributed by atoms with Gasteiger partial charge in [0, 0.05) is 18.2 Å². The molecular weight excluding hydrogens is 454 g/mol. The van der Waals surface area contributed by atoms with Crippen molar-refractivity contribution in [1.29, 1.82) is 0 Å². The lowest BCUT2D eigenvalue weighted by Gasteiger charge is -2.54. The van der Waals surface area contributed by atoms with Crippen molar-refractivity contribution in [3.63, 3.8) is 0 Å². The number of hydrogen-bond acceptors (Lipinski definition) is 8. The maximum atomic E-state index is 12.7. The summed E-state index contributed by atoms with van der Waals surface area (Å²) in [5.74, 6) is 2.29. The lowest BCUT2D eigenvalue weighted by atomic mass is 9.57. The third kappa shape index (κ3) is 3.50. The van der Waals surface area contributed by atoms with Crippen LogP contribution in [0.5, 0.6) is 11.5 Å². The van der Waals surface area contributed by atoms with E-state index in [9.17, 15) is 9.59 Å². The fourth-order valence-corrected chi connectivity index (χ4v) is 5.96. The second kappa shape index (κ2) is 8.99. The van der Waals surface area contributed by atoms with Gasteiger partial charge in [0.25, 0.3) is 0 Å². The third-order valence-electron chi connectivity index (χ3n) is 7.31. The topological polar surface area (TPSA) is 98.8 Å². The number of hydrazine groups is 1. The minimum Gasteiger partial charge on any atom is -0.497 e. The van der Waals surface area contributed by atoms with Crippen molar-refractivity contribution >= 4 is 12.2 Å². The number of benzene rings is 1. The summed E-state index contributed by atoms with van der Waals surface area (Å²) in [6, 6.07) is 4.04. The predicted octanol–water partition coefficient (Wildman–Crippen LogP) is 2.87. The van der Waals surface area contributed by atoms with Gasteiger partial charge in [-0.1, -0.05) is 12.1 Å². The first kappa shape index (κ1) is 23.3.